The Hall–Kier alpha value is -1.75. The van der Waals surface area contributed by atoms with E-state index in [0.717, 1.165) is 28.8 Å². The minimum absolute atomic E-state index is 0.384. The van der Waals surface area contributed by atoms with Crippen molar-refractivity contribution in [1.82, 2.24) is 9.55 Å². The fourth-order valence-electron chi connectivity index (χ4n) is 2.12. The van der Waals surface area contributed by atoms with E-state index in [-0.39, 0.29) is 0 Å². The standard InChI is InChI=1S/C14H16N2/c1-5-11-8-7-9-12-14(11)16(10(3)4)13(6-2)15-12/h1,7-10H,6H2,2-4H3. The smallest absolute Gasteiger partial charge is 0.109 e. The monoisotopic (exact) mass is 212 g/mol. The number of rotatable bonds is 2. The van der Waals surface area contributed by atoms with Crippen molar-refractivity contribution in [2.45, 2.75) is 33.2 Å². The van der Waals surface area contributed by atoms with E-state index in [9.17, 15) is 0 Å². The van der Waals surface area contributed by atoms with E-state index in [4.69, 9.17) is 6.42 Å². The molecule has 2 aromatic rings. The van der Waals surface area contributed by atoms with Gasteiger partial charge in [-0.2, -0.15) is 0 Å². The van der Waals surface area contributed by atoms with Gasteiger partial charge >= 0.3 is 0 Å². The van der Waals surface area contributed by atoms with Crippen LogP contribution in [0.3, 0.4) is 0 Å². The first-order chi connectivity index (χ1) is 7.69. The van der Waals surface area contributed by atoms with Crippen LogP contribution in [-0.2, 0) is 6.42 Å². The molecule has 0 bridgehead atoms. The molecule has 0 aliphatic heterocycles. The van der Waals surface area contributed by atoms with E-state index in [1.54, 1.807) is 0 Å². The Kier molecular flexibility index (Phi) is 2.70. The molecule has 0 N–H and O–H groups in total. The van der Waals surface area contributed by atoms with Gasteiger partial charge < -0.3 is 4.57 Å². The molecule has 82 valence electrons. The van der Waals surface area contributed by atoms with Crippen molar-refractivity contribution in [3.05, 3.63) is 29.6 Å². The molecule has 0 amide bonds. The molecular weight excluding hydrogens is 196 g/mol. The summed E-state index contributed by atoms with van der Waals surface area (Å²) in [6.07, 6.45) is 6.47. The normalized spacial score (nSPS) is 10.9. The number of hydrogen-bond donors (Lipinski definition) is 0. The number of hydrogen-bond acceptors (Lipinski definition) is 1. The van der Waals surface area contributed by atoms with Crippen LogP contribution in [0.4, 0.5) is 0 Å². The van der Waals surface area contributed by atoms with Gasteiger partial charge in [0.15, 0.2) is 0 Å². The van der Waals surface area contributed by atoms with Gasteiger partial charge in [0, 0.05) is 12.5 Å². The lowest BCUT2D eigenvalue weighted by molar-refractivity contribution is 0.588. The number of terminal acetylenes is 1. The topological polar surface area (TPSA) is 17.8 Å². The average Bonchev–Trinajstić information content (AvgIpc) is 2.66. The summed E-state index contributed by atoms with van der Waals surface area (Å²) in [5.41, 5.74) is 3.02. The minimum atomic E-state index is 0.384. The van der Waals surface area contributed by atoms with E-state index in [2.05, 4.69) is 36.2 Å². The van der Waals surface area contributed by atoms with E-state index in [0.29, 0.717) is 6.04 Å². The third kappa shape index (κ3) is 1.49. The molecule has 0 atom stereocenters. The quantitative estimate of drug-likeness (QED) is 0.699. The highest BCUT2D eigenvalue weighted by Gasteiger charge is 2.13. The van der Waals surface area contributed by atoms with Crippen LogP contribution in [0.5, 0.6) is 0 Å². The molecule has 1 aromatic heterocycles. The first kappa shape index (κ1) is 10.8. The van der Waals surface area contributed by atoms with Crippen LogP contribution in [0.15, 0.2) is 18.2 Å². The van der Waals surface area contributed by atoms with Crippen LogP contribution in [0.25, 0.3) is 11.0 Å². The van der Waals surface area contributed by atoms with Gasteiger partial charge in [0.25, 0.3) is 0 Å². The molecule has 0 spiro atoms. The maximum absolute atomic E-state index is 5.54. The number of imidazole rings is 1. The van der Waals surface area contributed by atoms with Crippen LogP contribution >= 0.6 is 0 Å². The van der Waals surface area contributed by atoms with Crippen molar-refractivity contribution in [3.63, 3.8) is 0 Å². The van der Waals surface area contributed by atoms with Crippen LogP contribution in [0.2, 0.25) is 0 Å². The molecule has 0 aliphatic rings. The van der Waals surface area contributed by atoms with Gasteiger partial charge in [-0.3, -0.25) is 0 Å². The summed E-state index contributed by atoms with van der Waals surface area (Å²) in [5, 5.41) is 0. The second kappa shape index (κ2) is 4.02. The Morgan fingerprint density at radius 1 is 1.44 bits per heavy atom. The average molecular weight is 212 g/mol. The number of para-hydroxylation sites is 1. The number of fused-ring (bicyclic) bond motifs is 1. The van der Waals surface area contributed by atoms with E-state index in [1.165, 1.54) is 0 Å². The Morgan fingerprint density at radius 2 is 2.19 bits per heavy atom. The molecule has 2 nitrogen and oxygen atoms in total. The highest BCUT2D eigenvalue weighted by molar-refractivity contribution is 5.82. The van der Waals surface area contributed by atoms with Gasteiger partial charge in [-0.25, -0.2) is 4.98 Å². The molecule has 0 fully saturated rings. The van der Waals surface area contributed by atoms with E-state index < -0.39 is 0 Å². The fourth-order valence-corrected chi connectivity index (χ4v) is 2.12. The largest absolute Gasteiger partial charge is 0.324 e. The molecule has 0 aliphatic carbocycles. The highest BCUT2D eigenvalue weighted by Crippen LogP contribution is 2.24. The van der Waals surface area contributed by atoms with Crippen LogP contribution in [0, 0.1) is 12.3 Å². The molecule has 1 aromatic carbocycles. The van der Waals surface area contributed by atoms with Crippen molar-refractivity contribution in [3.8, 4) is 12.3 Å². The van der Waals surface area contributed by atoms with Crippen LogP contribution in [0.1, 0.15) is 38.2 Å². The highest BCUT2D eigenvalue weighted by atomic mass is 15.1. The predicted octanol–water partition coefficient (Wildman–Crippen LogP) is 3.16. The fraction of sp³-hybridized carbons (Fsp3) is 0.357. The summed E-state index contributed by atoms with van der Waals surface area (Å²) in [7, 11) is 0. The van der Waals surface area contributed by atoms with Crippen molar-refractivity contribution in [2.75, 3.05) is 0 Å². The SMILES string of the molecule is C#Cc1cccc2nc(CC)n(C(C)C)c12. The van der Waals surface area contributed by atoms with Crippen molar-refractivity contribution in [1.29, 1.82) is 0 Å². The Morgan fingerprint density at radius 3 is 2.75 bits per heavy atom. The zero-order chi connectivity index (χ0) is 11.7. The molecule has 0 saturated carbocycles. The van der Waals surface area contributed by atoms with Crippen molar-refractivity contribution >= 4 is 11.0 Å². The van der Waals surface area contributed by atoms with Gasteiger partial charge in [0.1, 0.15) is 5.82 Å². The zero-order valence-corrected chi connectivity index (χ0v) is 9.99. The third-order valence-corrected chi connectivity index (χ3v) is 2.77. The number of aromatic nitrogens is 2. The van der Waals surface area contributed by atoms with Crippen molar-refractivity contribution in [2.24, 2.45) is 0 Å². The Balaban J connectivity index is 2.87. The maximum Gasteiger partial charge on any atom is 0.109 e. The van der Waals surface area contributed by atoms with E-state index >= 15 is 0 Å². The number of aryl methyl sites for hydroxylation is 1. The Labute approximate surface area is 96.3 Å². The zero-order valence-electron chi connectivity index (χ0n) is 9.99. The molecule has 16 heavy (non-hydrogen) atoms. The third-order valence-electron chi connectivity index (χ3n) is 2.77. The molecule has 2 rings (SSSR count). The summed E-state index contributed by atoms with van der Waals surface area (Å²) >= 11 is 0. The second-order valence-corrected chi connectivity index (χ2v) is 4.16. The van der Waals surface area contributed by atoms with Gasteiger partial charge in [-0.1, -0.05) is 18.9 Å². The summed E-state index contributed by atoms with van der Waals surface area (Å²) in [6.45, 7) is 6.44. The lowest BCUT2D eigenvalue weighted by atomic mass is 10.2. The van der Waals surface area contributed by atoms with Gasteiger partial charge in [-0.05, 0) is 26.0 Å². The van der Waals surface area contributed by atoms with E-state index in [1.807, 2.05) is 18.2 Å². The first-order valence-electron chi connectivity index (χ1n) is 5.65. The van der Waals surface area contributed by atoms with Crippen LogP contribution in [-0.4, -0.2) is 9.55 Å². The molecular formula is C14H16N2. The first-order valence-corrected chi connectivity index (χ1v) is 5.65. The van der Waals surface area contributed by atoms with Gasteiger partial charge in [0.2, 0.25) is 0 Å². The second-order valence-electron chi connectivity index (χ2n) is 4.16. The van der Waals surface area contributed by atoms with Crippen LogP contribution < -0.4 is 0 Å². The van der Waals surface area contributed by atoms with Crippen molar-refractivity contribution < 1.29 is 0 Å². The minimum Gasteiger partial charge on any atom is -0.324 e. The maximum atomic E-state index is 5.54. The summed E-state index contributed by atoms with van der Waals surface area (Å²) in [6, 6.07) is 6.35. The summed E-state index contributed by atoms with van der Waals surface area (Å²) in [4.78, 5) is 4.63. The molecule has 0 unspecified atom stereocenters. The molecule has 1 heterocycles. The molecule has 2 heteroatoms. The molecule has 0 radical (unpaired) electrons. The summed E-state index contributed by atoms with van der Waals surface area (Å²) in [5.74, 6) is 3.85. The van der Waals surface area contributed by atoms with Gasteiger partial charge in [-0.15, -0.1) is 6.42 Å². The predicted molar refractivity (Wildman–Crippen MR) is 67.4 cm³/mol. The lowest BCUT2D eigenvalue weighted by Gasteiger charge is -2.12. The lowest BCUT2D eigenvalue weighted by Crippen LogP contribution is -2.06. The molecule has 0 saturated heterocycles. The number of nitrogens with zero attached hydrogens (tertiary/aromatic N) is 2. The number of benzene rings is 1. The Bertz CT molecular complexity index is 556. The van der Waals surface area contributed by atoms with Gasteiger partial charge in [0.05, 0.1) is 16.6 Å². The summed E-state index contributed by atoms with van der Waals surface area (Å²) < 4.78 is 2.24.